The Hall–Kier alpha value is -4.11. The van der Waals surface area contributed by atoms with Gasteiger partial charge in [0.1, 0.15) is 36.4 Å². The smallest absolute Gasteiger partial charge is 0.459 e. The Morgan fingerprint density at radius 1 is 1.02 bits per heavy atom. The van der Waals surface area contributed by atoms with E-state index in [-0.39, 0.29) is 29.3 Å². The van der Waals surface area contributed by atoms with Gasteiger partial charge >= 0.3 is 25.7 Å². The van der Waals surface area contributed by atoms with Gasteiger partial charge in [0.05, 0.1) is 30.7 Å². The number of hydrogen-bond donors (Lipinski definition) is 2. The predicted octanol–water partition coefficient (Wildman–Crippen LogP) is 5.00. The van der Waals surface area contributed by atoms with E-state index < -0.39 is 80.7 Å². The number of carbonyl (C=O) groups is 3. The van der Waals surface area contributed by atoms with Gasteiger partial charge < -0.3 is 29.2 Å². The summed E-state index contributed by atoms with van der Waals surface area (Å²) >= 11 is 0. The molecule has 0 radical (unpaired) electrons. The second kappa shape index (κ2) is 16.1. The molecular weight excluding hydrogens is 688 g/mol. The number of nitrogen functional groups attached to an aromatic ring is 1. The molecule has 280 valence electrons. The zero-order chi connectivity index (χ0) is 37.7. The minimum absolute atomic E-state index is 0.0765. The van der Waals surface area contributed by atoms with E-state index in [0.29, 0.717) is 5.52 Å². The van der Waals surface area contributed by atoms with Crippen molar-refractivity contribution in [1.29, 1.82) is 0 Å². The van der Waals surface area contributed by atoms with E-state index in [4.69, 9.17) is 33.7 Å². The van der Waals surface area contributed by atoms with Crippen molar-refractivity contribution in [3.8, 4) is 5.75 Å². The van der Waals surface area contributed by atoms with Gasteiger partial charge in [-0.25, -0.2) is 18.5 Å². The van der Waals surface area contributed by atoms with Gasteiger partial charge in [0.2, 0.25) is 0 Å². The van der Waals surface area contributed by atoms with E-state index in [1.165, 1.54) is 29.9 Å². The average Bonchev–Trinajstić information content (AvgIpc) is 3.62. The van der Waals surface area contributed by atoms with E-state index in [2.05, 4.69) is 15.2 Å². The Morgan fingerprint density at radius 3 is 2.27 bits per heavy atom. The summed E-state index contributed by atoms with van der Waals surface area (Å²) in [5.41, 5.74) is 4.13. The third-order valence-corrected chi connectivity index (χ3v) is 9.37. The lowest BCUT2D eigenvalue weighted by atomic mass is 9.95. The molecule has 0 bridgehead atoms. The van der Waals surface area contributed by atoms with Crippen molar-refractivity contribution >= 4 is 37.0 Å². The molecule has 51 heavy (non-hydrogen) atoms. The molecule has 1 fully saturated rings. The van der Waals surface area contributed by atoms with Crippen LogP contribution in [0.25, 0.3) is 5.52 Å². The maximum atomic E-state index is 15.7. The molecule has 4 rings (SSSR count). The Bertz CT molecular complexity index is 1730. The molecule has 1 aliphatic rings. The number of fused-ring (bicyclic) bond motifs is 1. The summed E-state index contributed by atoms with van der Waals surface area (Å²) in [6.45, 7) is 11.2. The van der Waals surface area contributed by atoms with Crippen LogP contribution in [0.1, 0.15) is 67.2 Å². The van der Waals surface area contributed by atoms with Crippen LogP contribution in [0.2, 0.25) is 0 Å². The molecular formula is C34H47FN5O10P. The number of rotatable bonds is 15. The Balaban J connectivity index is 1.77. The summed E-state index contributed by atoms with van der Waals surface area (Å²) in [6, 6.07) is 9.94. The maximum absolute atomic E-state index is 15.7. The number of hydrogen-bond acceptors (Lipinski definition) is 13. The quantitative estimate of drug-likeness (QED) is 0.120. The van der Waals surface area contributed by atoms with Crippen molar-refractivity contribution < 1.29 is 51.3 Å². The first-order valence-electron chi connectivity index (χ1n) is 16.5. The largest absolute Gasteiger partial charge is 0.464 e. The van der Waals surface area contributed by atoms with Crippen LogP contribution < -0.4 is 15.3 Å². The number of nitrogens with zero attached hydrogens (tertiary/aromatic N) is 3. The molecule has 1 saturated heterocycles. The van der Waals surface area contributed by atoms with Gasteiger partial charge in [-0.3, -0.25) is 18.9 Å². The van der Waals surface area contributed by atoms with Crippen LogP contribution in [0.5, 0.6) is 5.75 Å². The SMILES string of the molecule is CC(C)C(=O)O[C@H]1[C@H](c2ccc3c(N)ncnn23)O[C@](CF)(COP(=O)(N[C@@H](C)C(=O)OCC(C)(C)C)Oc2ccccc2)[C@H]1OC(=O)C(C)C. The van der Waals surface area contributed by atoms with Crippen molar-refractivity contribution in [3.63, 3.8) is 0 Å². The molecule has 0 amide bonds. The summed E-state index contributed by atoms with van der Waals surface area (Å²) < 4.78 is 66.7. The van der Waals surface area contributed by atoms with Crippen molar-refractivity contribution in [2.45, 2.75) is 85.3 Å². The number of benzene rings is 1. The second-order valence-corrected chi connectivity index (χ2v) is 15.9. The number of halogens is 1. The molecule has 0 aliphatic carbocycles. The van der Waals surface area contributed by atoms with Crippen LogP contribution in [0.4, 0.5) is 10.2 Å². The first-order valence-corrected chi connectivity index (χ1v) is 18.1. The third-order valence-electron chi connectivity index (χ3n) is 7.74. The van der Waals surface area contributed by atoms with E-state index in [1.807, 2.05) is 20.8 Å². The van der Waals surface area contributed by atoms with Gasteiger partial charge in [-0.1, -0.05) is 66.7 Å². The highest BCUT2D eigenvalue weighted by molar-refractivity contribution is 7.52. The minimum Gasteiger partial charge on any atom is -0.464 e. The van der Waals surface area contributed by atoms with Crippen LogP contribution in [-0.2, 0) is 42.4 Å². The van der Waals surface area contributed by atoms with Gasteiger partial charge in [0.15, 0.2) is 23.6 Å². The van der Waals surface area contributed by atoms with Crippen molar-refractivity contribution in [1.82, 2.24) is 19.7 Å². The fourth-order valence-electron chi connectivity index (χ4n) is 4.96. The average molecular weight is 736 g/mol. The first kappa shape index (κ1) is 39.7. The highest BCUT2D eigenvalue weighted by Crippen LogP contribution is 2.50. The summed E-state index contributed by atoms with van der Waals surface area (Å²) in [4.78, 5) is 43.2. The van der Waals surface area contributed by atoms with Crippen molar-refractivity contribution in [2.24, 2.45) is 17.3 Å². The topological polar surface area (TPSA) is 192 Å². The van der Waals surface area contributed by atoms with Gasteiger partial charge in [-0.2, -0.15) is 10.2 Å². The van der Waals surface area contributed by atoms with E-state index in [9.17, 15) is 18.9 Å². The van der Waals surface area contributed by atoms with E-state index >= 15 is 4.39 Å². The molecule has 15 nitrogen and oxygen atoms in total. The Kier molecular flexibility index (Phi) is 12.5. The monoisotopic (exact) mass is 735 g/mol. The van der Waals surface area contributed by atoms with Crippen LogP contribution in [0.3, 0.4) is 0 Å². The molecule has 0 saturated carbocycles. The number of ether oxygens (including phenoxy) is 4. The fraction of sp³-hybridized carbons (Fsp3) is 0.559. The number of para-hydroxylation sites is 1. The zero-order valence-electron chi connectivity index (χ0n) is 30.0. The summed E-state index contributed by atoms with van der Waals surface area (Å²) in [7, 11) is -4.58. The number of carbonyl (C=O) groups excluding carboxylic acids is 3. The molecule has 1 aromatic carbocycles. The van der Waals surface area contributed by atoms with Gasteiger partial charge in [-0.15, -0.1) is 0 Å². The number of aromatic nitrogens is 3. The normalized spacial score (nSPS) is 22.5. The highest BCUT2D eigenvalue weighted by Gasteiger charge is 2.62. The number of nitrogens with two attached hydrogens (primary N) is 1. The third kappa shape index (κ3) is 9.61. The summed E-state index contributed by atoms with van der Waals surface area (Å²) in [5, 5.41) is 6.82. The Morgan fingerprint density at radius 2 is 1.67 bits per heavy atom. The molecule has 1 aliphatic heterocycles. The minimum atomic E-state index is -4.58. The van der Waals surface area contributed by atoms with Crippen LogP contribution in [0, 0.1) is 17.3 Å². The standard InChI is InChI=1S/C34H47FN5O10P/c1-20(2)30(41)47-27-26(24-14-15-25-29(36)37-19-38-40(24)25)49-34(16-35,28(27)48-31(42)21(3)4)18-46-51(44,50-23-12-10-9-11-13-23)39-22(5)32(43)45-17-33(6,7)8/h9-15,19-22,26-28H,16-18H2,1-8H3,(H,39,44)(H2,36,37,38)/t22-,26-,27-,28-,34+,51?/m0/s1. The van der Waals surface area contributed by atoms with Crippen LogP contribution in [0.15, 0.2) is 48.8 Å². The van der Waals surface area contributed by atoms with Crippen LogP contribution in [-0.4, -0.2) is 76.2 Å². The lowest BCUT2D eigenvalue weighted by Gasteiger charge is -2.34. The van der Waals surface area contributed by atoms with Crippen molar-refractivity contribution in [3.05, 3.63) is 54.5 Å². The number of alkyl halides is 1. The summed E-state index contributed by atoms with van der Waals surface area (Å²) in [6.07, 6.45) is -3.17. The number of esters is 3. The van der Waals surface area contributed by atoms with Gasteiger partial charge in [-0.05, 0) is 36.6 Å². The maximum Gasteiger partial charge on any atom is 0.459 e. The predicted molar refractivity (Wildman–Crippen MR) is 183 cm³/mol. The van der Waals surface area contributed by atoms with E-state index in [1.54, 1.807) is 58.0 Å². The molecule has 3 N–H and O–H groups in total. The number of anilines is 1. The van der Waals surface area contributed by atoms with Crippen LogP contribution >= 0.6 is 7.75 Å². The second-order valence-electron chi connectivity index (χ2n) is 14.2. The molecule has 2 aromatic heterocycles. The lowest BCUT2D eigenvalue weighted by molar-refractivity contribution is -0.178. The van der Waals surface area contributed by atoms with Gasteiger partial charge in [0.25, 0.3) is 0 Å². The molecule has 0 spiro atoms. The lowest BCUT2D eigenvalue weighted by Crippen LogP contribution is -2.52. The number of nitrogens with one attached hydrogen (secondary N) is 1. The molecule has 3 aromatic rings. The van der Waals surface area contributed by atoms with Crippen molar-refractivity contribution in [2.75, 3.05) is 25.6 Å². The van der Waals surface area contributed by atoms with Gasteiger partial charge in [0, 0.05) is 0 Å². The molecule has 1 unspecified atom stereocenters. The highest BCUT2D eigenvalue weighted by atomic mass is 31.2. The summed E-state index contributed by atoms with van der Waals surface area (Å²) in [5.74, 6) is -3.26. The molecule has 6 atom stereocenters. The zero-order valence-corrected chi connectivity index (χ0v) is 30.9. The first-order chi connectivity index (χ1) is 23.9. The molecule has 3 heterocycles. The molecule has 17 heteroatoms. The Labute approximate surface area is 296 Å². The fourth-order valence-corrected chi connectivity index (χ4v) is 6.51. The van der Waals surface area contributed by atoms with E-state index in [0.717, 1.165) is 0 Å².